The van der Waals surface area contributed by atoms with E-state index in [9.17, 15) is 22.8 Å². The van der Waals surface area contributed by atoms with E-state index in [0.29, 0.717) is 5.75 Å². The highest BCUT2D eigenvalue weighted by Gasteiger charge is 2.37. The maximum atomic E-state index is 13.6. The highest BCUT2D eigenvalue weighted by atomic mass is 32.2. The maximum Gasteiger partial charge on any atom is 0.261 e. The number of ether oxygens (including phenoxy) is 2. The summed E-state index contributed by atoms with van der Waals surface area (Å²) in [6.07, 6.45) is 2.97. The van der Waals surface area contributed by atoms with E-state index in [2.05, 4.69) is 0 Å². The minimum atomic E-state index is -4.14. The normalized spacial score (nSPS) is 16.7. The minimum Gasteiger partial charge on any atom is -0.493 e. The van der Waals surface area contributed by atoms with Gasteiger partial charge in [0.25, 0.3) is 11.8 Å². The highest BCUT2D eigenvalue weighted by molar-refractivity contribution is 7.92. The molecule has 0 bridgehead atoms. The van der Waals surface area contributed by atoms with Crippen molar-refractivity contribution in [3.63, 3.8) is 0 Å². The number of imide groups is 1. The number of hydrogen-bond donors (Lipinski definition) is 2. The Balaban J connectivity index is 1.59. The van der Waals surface area contributed by atoms with E-state index >= 15 is 0 Å². The molecule has 1 aliphatic heterocycles. The number of carbonyl (C=O) groups is 3. The number of benzene rings is 2. The molecule has 2 N–H and O–H groups in total. The van der Waals surface area contributed by atoms with E-state index in [1.165, 1.54) is 42.9 Å². The SMILES string of the molecule is COc1ccc(S(=O)(=O)C(CCN2C(=O)c3ccccc3C2=O)CC(=O)NO)cc1OC1CCCC1. The fourth-order valence-electron chi connectivity index (χ4n) is 4.64. The monoisotopic (exact) mass is 516 g/mol. The third kappa shape index (κ3) is 5.07. The van der Waals surface area contributed by atoms with Crippen LogP contribution in [0.15, 0.2) is 47.4 Å². The summed E-state index contributed by atoms with van der Waals surface area (Å²) < 4.78 is 38.6. The molecule has 0 aromatic heterocycles. The van der Waals surface area contributed by atoms with Gasteiger partial charge in [0, 0.05) is 19.0 Å². The largest absolute Gasteiger partial charge is 0.493 e. The van der Waals surface area contributed by atoms with Gasteiger partial charge >= 0.3 is 0 Å². The topological polar surface area (TPSA) is 139 Å². The standard InChI is InChI=1S/C25H28N2O8S/c1-34-21-11-10-17(14-22(21)35-16-6-2-3-7-16)36(32,33)18(15-23(28)26-31)12-13-27-24(29)19-8-4-5-9-20(19)25(27)30/h4-5,8-11,14,16,18,31H,2-3,6-7,12-13,15H2,1H3,(H,26,28). The summed E-state index contributed by atoms with van der Waals surface area (Å²) in [6.45, 7) is -0.212. The Bertz CT molecular complexity index is 1240. The van der Waals surface area contributed by atoms with Crippen molar-refractivity contribution in [3.05, 3.63) is 53.6 Å². The predicted molar refractivity (Wildman–Crippen MR) is 128 cm³/mol. The summed E-state index contributed by atoms with van der Waals surface area (Å²) in [5.41, 5.74) is 1.96. The second-order valence-corrected chi connectivity index (χ2v) is 11.1. The van der Waals surface area contributed by atoms with E-state index in [1.54, 1.807) is 12.1 Å². The van der Waals surface area contributed by atoms with Crippen LogP contribution >= 0.6 is 0 Å². The molecule has 1 aliphatic carbocycles. The number of hydroxylamine groups is 1. The molecule has 11 heteroatoms. The number of methoxy groups -OCH3 is 1. The Hall–Kier alpha value is -3.44. The molecule has 192 valence electrons. The lowest BCUT2D eigenvalue weighted by atomic mass is 10.1. The summed E-state index contributed by atoms with van der Waals surface area (Å²) in [7, 11) is -2.68. The van der Waals surface area contributed by atoms with Crippen LogP contribution in [-0.2, 0) is 14.6 Å². The minimum absolute atomic E-state index is 0.0401. The highest BCUT2D eigenvalue weighted by Crippen LogP contribution is 2.35. The Labute approximate surface area is 209 Å². The fraction of sp³-hybridized carbons (Fsp3) is 0.400. The number of hydrogen-bond acceptors (Lipinski definition) is 8. The molecule has 2 aliphatic rings. The summed E-state index contributed by atoms with van der Waals surface area (Å²) >= 11 is 0. The van der Waals surface area contributed by atoms with Gasteiger partial charge < -0.3 is 9.47 Å². The quantitative estimate of drug-likeness (QED) is 0.279. The van der Waals surface area contributed by atoms with Crippen molar-refractivity contribution in [2.24, 2.45) is 0 Å². The first-order chi connectivity index (χ1) is 17.3. The molecule has 1 fully saturated rings. The lowest BCUT2D eigenvalue weighted by molar-refractivity contribution is -0.129. The molecular weight excluding hydrogens is 488 g/mol. The van der Waals surface area contributed by atoms with Gasteiger partial charge in [-0.05, 0) is 56.4 Å². The Kier molecular flexibility index (Phi) is 7.60. The summed E-state index contributed by atoms with van der Waals surface area (Å²) in [5, 5.41) is 7.71. The maximum absolute atomic E-state index is 13.6. The number of nitrogens with one attached hydrogen (secondary N) is 1. The zero-order chi connectivity index (χ0) is 25.9. The van der Waals surface area contributed by atoms with Gasteiger partial charge in [0.1, 0.15) is 0 Å². The van der Waals surface area contributed by atoms with Crippen molar-refractivity contribution < 1.29 is 37.5 Å². The molecule has 0 saturated heterocycles. The van der Waals surface area contributed by atoms with Gasteiger partial charge in [-0.15, -0.1) is 0 Å². The molecule has 3 amide bonds. The molecule has 2 aromatic rings. The molecule has 1 heterocycles. The molecule has 1 atom stereocenters. The van der Waals surface area contributed by atoms with Crippen LogP contribution in [0.3, 0.4) is 0 Å². The molecule has 4 rings (SSSR count). The summed E-state index contributed by atoms with van der Waals surface area (Å²) in [4.78, 5) is 38.3. The lowest BCUT2D eigenvalue weighted by Crippen LogP contribution is -2.36. The van der Waals surface area contributed by atoms with Crippen LogP contribution in [0.5, 0.6) is 11.5 Å². The van der Waals surface area contributed by atoms with Crippen molar-refractivity contribution in [2.75, 3.05) is 13.7 Å². The lowest BCUT2D eigenvalue weighted by Gasteiger charge is -2.21. The van der Waals surface area contributed by atoms with Crippen LogP contribution in [0.25, 0.3) is 0 Å². The van der Waals surface area contributed by atoms with Crippen molar-refractivity contribution in [1.82, 2.24) is 10.4 Å². The van der Waals surface area contributed by atoms with Crippen LogP contribution in [0, 0.1) is 0 Å². The van der Waals surface area contributed by atoms with Crippen molar-refractivity contribution in [1.29, 1.82) is 0 Å². The van der Waals surface area contributed by atoms with Crippen LogP contribution < -0.4 is 15.0 Å². The van der Waals surface area contributed by atoms with Crippen LogP contribution in [0.2, 0.25) is 0 Å². The van der Waals surface area contributed by atoms with E-state index < -0.39 is 39.2 Å². The average Bonchev–Trinajstić information content (AvgIpc) is 3.48. The van der Waals surface area contributed by atoms with E-state index in [1.807, 2.05) is 0 Å². The first-order valence-electron chi connectivity index (χ1n) is 11.7. The first kappa shape index (κ1) is 25.6. The van der Waals surface area contributed by atoms with Gasteiger partial charge in [-0.2, -0.15) is 0 Å². The molecule has 0 radical (unpaired) electrons. The predicted octanol–water partition coefficient (Wildman–Crippen LogP) is 2.74. The van der Waals surface area contributed by atoms with Crippen molar-refractivity contribution in [3.8, 4) is 11.5 Å². The zero-order valence-corrected chi connectivity index (χ0v) is 20.6. The molecule has 10 nitrogen and oxygen atoms in total. The number of amides is 3. The van der Waals surface area contributed by atoms with Crippen molar-refractivity contribution in [2.45, 2.75) is 54.8 Å². The van der Waals surface area contributed by atoms with E-state index in [0.717, 1.165) is 30.6 Å². The van der Waals surface area contributed by atoms with Crippen molar-refractivity contribution >= 4 is 27.6 Å². The van der Waals surface area contributed by atoms with E-state index in [4.69, 9.17) is 14.7 Å². The molecule has 0 spiro atoms. The number of fused-ring (bicyclic) bond motifs is 1. The molecular formula is C25H28N2O8S. The Morgan fingerprint density at radius 3 is 2.31 bits per heavy atom. The van der Waals surface area contributed by atoms with Crippen LogP contribution in [0.1, 0.15) is 59.2 Å². The average molecular weight is 517 g/mol. The number of nitrogens with zero attached hydrogens (tertiary/aromatic N) is 1. The van der Waals surface area contributed by atoms with Gasteiger partial charge in [0.15, 0.2) is 21.3 Å². The number of carbonyl (C=O) groups excluding carboxylic acids is 3. The summed E-state index contributed by atoms with van der Waals surface area (Å²) in [6, 6.07) is 10.6. The van der Waals surface area contributed by atoms with Crippen LogP contribution in [-0.4, -0.2) is 61.3 Å². The third-order valence-corrected chi connectivity index (χ3v) is 8.78. The Morgan fingerprint density at radius 1 is 1.08 bits per heavy atom. The van der Waals surface area contributed by atoms with Gasteiger partial charge in [0.05, 0.1) is 34.5 Å². The number of sulfone groups is 1. The first-order valence-corrected chi connectivity index (χ1v) is 13.3. The molecule has 2 aromatic carbocycles. The van der Waals surface area contributed by atoms with E-state index in [-0.39, 0.29) is 40.8 Å². The zero-order valence-electron chi connectivity index (χ0n) is 19.8. The molecule has 1 saturated carbocycles. The van der Waals surface area contributed by atoms with Gasteiger partial charge in [-0.1, -0.05) is 12.1 Å². The van der Waals surface area contributed by atoms with Gasteiger partial charge in [-0.25, -0.2) is 13.9 Å². The third-order valence-electron chi connectivity index (χ3n) is 6.59. The second-order valence-electron chi connectivity index (χ2n) is 8.84. The molecule has 1 unspecified atom stereocenters. The van der Waals surface area contributed by atoms with Crippen LogP contribution in [0.4, 0.5) is 0 Å². The van der Waals surface area contributed by atoms with Gasteiger partial charge in [0.2, 0.25) is 5.91 Å². The fourth-order valence-corrected chi connectivity index (χ4v) is 6.34. The molecule has 36 heavy (non-hydrogen) atoms. The summed E-state index contributed by atoms with van der Waals surface area (Å²) in [5.74, 6) is -1.26. The number of rotatable bonds is 10. The van der Waals surface area contributed by atoms with Gasteiger partial charge in [-0.3, -0.25) is 24.5 Å². The Morgan fingerprint density at radius 2 is 1.72 bits per heavy atom. The smallest absolute Gasteiger partial charge is 0.261 e. The second kappa shape index (κ2) is 10.7.